The third-order valence-corrected chi connectivity index (χ3v) is 4.08. The van der Waals surface area contributed by atoms with E-state index in [1.165, 1.54) is 0 Å². The standard InChI is InChI=1S/C13H22BrN3O/c1-5-15-8-9(3)12(18)7-11-13(14)10(4)16-17(11)6-2/h9,15H,5-8H2,1-4H3. The Bertz CT molecular complexity index is 415. The highest BCUT2D eigenvalue weighted by Crippen LogP contribution is 2.22. The Morgan fingerprint density at radius 2 is 2.17 bits per heavy atom. The summed E-state index contributed by atoms with van der Waals surface area (Å²) in [5, 5.41) is 7.61. The summed E-state index contributed by atoms with van der Waals surface area (Å²) in [5.41, 5.74) is 1.93. The number of aryl methyl sites for hydroxylation is 2. The molecular formula is C13H22BrN3O. The summed E-state index contributed by atoms with van der Waals surface area (Å²) in [6.07, 6.45) is 0.446. The summed E-state index contributed by atoms with van der Waals surface area (Å²) in [6.45, 7) is 10.4. The van der Waals surface area contributed by atoms with Gasteiger partial charge in [-0.1, -0.05) is 13.8 Å². The van der Waals surface area contributed by atoms with Gasteiger partial charge in [0.25, 0.3) is 0 Å². The molecule has 0 radical (unpaired) electrons. The van der Waals surface area contributed by atoms with Crippen LogP contribution >= 0.6 is 15.9 Å². The quantitative estimate of drug-likeness (QED) is 0.840. The number of nitrogens with one attached hydrogen (secondary N) is 1. The van der Waals surface area contributed by atoms with Gasteiger partial charge in [0.1, 0.15) is 5.78 Å². The molecular weight excluding hydrogens is 294 g/mol. The van der Waals surface area contributed by atoms with Crippen LogP contribution in [0, 0.1) is 12.8 Å². The molecule has 0 aliphatic heterocycles. The second-order valence-corrected chi connectivity index (χ2v) is 5.31. The Morgan fingerprint density at radius 1 is 1.50 bits per heavy atom. The van der Waals surface area contributed by atoms with Gasteiger partial charge in [0.2, 0.25) is 0 Å². The summed E-state index contributed by atoms with van der Waals surface area (Å²) >= 11 is 3.52. The van der Waals surface area contributed by atoms with Gasteiger partial charge in [-0.15, -0.1) is 0 Å². The predicted molar refractivity (Wildman–Crippen MR) is 76.8 cm³/mol. The lowest BCUT2D eigenvalue weighted by molar-refractivity contribution is -0.121. The third-order valence-electron chi connectivity index (χ3n) is 3.04. The van der Waals surface area contributed by atoms with Gasteiger partial charge in [0.05, 0.1) is 15.9 Å². The van der Waals surface area contributed by atoms with Gasteiger partial charge < -0.3 is 5.32 Å². The second-order valence-electron chi connectivity index (χ2n) is 4.51. The van der Waals surface area contributed by atoms with Crippen molar-refractivity contribution >= 4 is 21.7 Å². The van der Waals surface area contributed by atoms with Crippen molar-refractivity contribution in [1.82, 2.24) is 15.1 Å². The van der Waals surface area contributed by atoms with Crippen LogP contribution in [0.2, 0.25) is 0 Å². The minimum Gasteiger partial charge on any atom is -0.316 e. The zero-order chi connectivity index (χ0) is 13.7. The number of halogens is 1. The molecule has 0 amide bonds. The Kier molecular flexibility index (Phi) is 6.02. The summed E-state index contributed by atoms with van der Waals surface area (Å²) in [5.74, 6) is 0.295. The van der Waals surface area contributed by atoms with Crippen molar-refractivity contribution in [3.8, 4) is 0 Å². The topological polar surface area (TPSA) is 46.9 Å². The maximum atomic E-state index is 12.1. The summed E-state index contributed by atoms with van der Waals surface area (Å²) in [6, 6.07) is 0. The highest BCUT2D eigenvalue weighted by Gasteiger charge is 2.19. The van der Waals surface area contributed by atoms with Crippen molar-refractivity contribution in [2.45, 2.75) is 40.7 Å². The maximum Gasteiger partial charge on any atom is 0.142 e. The van der Waals surface area contributed by atoms with Gasteiger partial charge in [-0.3, -0.25) is 9.48 Å². The molecule has 1 unspecified atom stereocenters. The molecule has 1 atom stereocenters. The third kappa shape index (κ3) is 3.65. The molecule has 102 valence electrons. The Labute approximate surface area is 117 Å². The number of rotatable bonds is 7. The van der Waals surface area contributed by atoms with Gasteiger partial charge in [0.15, 0.2) is 0 Å². The molecule has 0 aromatic carbocycles. The number of Topliss-reactive ketones (excluding diaryl/α,β-unsaturated/α-hetero) is 1. The van der Waals surface area contributed by atoms with Crippen molar-refractivity contribution in [2.24, 2.45) is 5.92 Å². The van der Waals surface area contributed by atoms with Crippen molar-refractivity contribution in [3.05, 3.63) is 15.9 Å². The first kappa shape index (κ1) is 15.4. The molecule has 1 rings (SSSR count). The number of carbonyl (C=O) groups is 1. The van der Waals surface area contributed by atoms with Gasteiger partial charge in [0, 0.05) is 25.4 Å². The van der Waals surface area contributed by atoms with E-state index in [-0.39, 0.29) is 11.7 Å². The van der Waals surface area contributed by atoms with Crippen molar-refractivity contribution in [2.75, 3.05) is 13.1 Å². The first-order chi connectivity index (χ1) is 8.51. The number of carbonyl (C=O) groups excluding carboxylic acids is 1. The summed E-state index contributed by atoms with van der Waals surface area (Å²) in [4.78, 5) is 12.1. The van der Waals surface area contributed by atoms with E-state index in [1.54, 1.807) is 0 Å². The van der Waals surface area contributed by atoms with E-state index in [0.717, 1.165) is 35.5 Å². The van der Waals surface area contributed by atoms with E-state index in [9.17, 15) is 4.79 Å². The molecule has 1 heterocycles. The molecule has 0 spiro atoms. The minimum absolute atomic E-state index is 0.0392. The Balaban J connectivity index is 2.75. The smallest absolute Gasteiger partial charge is 0.142 e. The van der Waals surface area contributed by atoms with Gasteiger partial charge >= 0.3 is 0 Å². The van der Waals surface area contributed by atoms with Crippen LogP contribution in [0.3, 0.4) is 0 Å². The SMILES string of the molecule is CCNCC(C)C(=O)Cc1c(Br)c(C)nn1CC. The minimum atomic E-state index is 0.0392. The number of aromatic nitrogens is 2. The highest BCUT2D eigenvalue weighted by atomic mass is 79.9. The monoisotopic (exact) mass is 315 g/mol. The molecule has 1 aromatic rings. The Hall–Kier alpha value is -0.680. The van der Waals surface area contributed by atoms with Crippen LogP contribution in [-0.4, -0.2) is 28.7 Å². The van der Waals surface area contributed by atoms with Crippen molar-refractivity contribution in [1.29, 1.82) is 0 Å². The summed E-state index contributed by atoms with van der Waals surface area (Å²) in [7, 11) is 0. The predicted octanol–water partition coefficient (Wildman–Crippen LogP) is 2.33. The molecule has 0 saturated heterocycles. The van der Waals surface area contributed by atoms with Crippen LogP contribution in [0.5, 0.6) is 0 Å². The van der Waals surface area contributed by atoms with Gasteiger partial charge in [-0.05, 0) is 36.3 Å². The van der Waals surface area contributed by atoms with E-state index in [2.05, 4.69) is 26.3 Å². The number of ketones is 1. The largest absolute Gasteiger partial charge is 0.316 e. The lowest BCUT2D eigenvalue weighted by Crippen LogP contribution is -2.28. The van der Waals surface area contributed by atoms with Crippen molar-refractivity contribution in [3.63, 3.8) is 0 Å². The number of nitrogens with zero attached hydrogens (tertiary/aromatic N) is 2. The fourth-order valence-electron chi connectivity index (χ4n) is 1.85. The lowest BCUT2D eigenvalue weighted by atomic mass is 10.0. The van der Waals surface area contributed by atoms with Crippen LogP contribution in [0.15, 0.2) is 4.47 Å². The van der Waals surface area contributed by atoms with Gasteiger partial charge in [-0.25, -0.2) is 0 Å². The molecule has 18 heavy (non-hydrogen) atoms. The van der Waals surface area contributed by atoms with Crippen LogP contribution in [0.1, 0.15) is 32.2 Å². The second kappa shape index (κ2) is 7.04. The zero-order valence-electron chi connectivity index (χ0n) is 11.6. The number of hydrogen-bond donors (Lipinski definition) is 1. The average molecular weight is 316 g/mol. The van der Waals surface area contributed by atoms with Gasteiger partial charge in [-0.2, -0.15) is 5.10 Å². The van der Waals surface area contributed by atoms with E-state index < -0.39 is 0 Å². The molecule has 0 bridgehead atoms. The van der Waals surface area contributed by atoms with Crippen LogP contribution < -0.4 is 5.32 Å². The highest BCUT2D eigenvalue weighted by molar-refractivity contribution is 9.10. The molecule has 0 aliphatic carbocycles. The first-order valence-corrected chi connectivity index (χ1v) is 7.25. The fraction of sp³-hybridized carbons (Fsp3) is 0.692. The molecule has 1 N–H and O–H groups in total. The molecule has 5 heteroatoms. The van der Waals surface area contributed by atoms with Crippen LogP contribution in [0.4, 0.5) is 0 Å². The number of hydrogen-bond acceptors (Lipinski definition) is 3. The first-order valence-electron chi connectivity index (χ1n) is 6.46. The molecule has 0 aliphatic rings. The summed E-state index contributed by atoms with van der Waals surface area (Å²) < 4.78 is 2.87. The molecule has 0 saturated carbocycles. The van der Waals surface area contributed by atoms with E-state index >= 15 is 0 Å². The van der Waals surface area contributed by atoms with E-state index in [4.69, 9.17) is 0 Å². The molecule has 0 fully saturated rings. The van der Waals surface area contributed by atoms with E-state index in [0.29, 0.717) is 6.42 Å². The average Bonchev–Trinajstić information content (AvgIpc) is 2.63. The van der Waals surface area contributed by atoms with Crippen LogP contribution in [-0.2, 0) is 17.8 Å². The normalized spacial score (nSPS) is 12.7. The molecule has 4 nitrogen and oxygen atoms in total. The lowest BCUT2D eigenvalue weighted by Gasteiger charge is -2.11. The van der Waals surface area contributed by atoms with E-state index in [1.807, 2.05) is 32.4 Å². The Morgan fingerprint density at radius 3 is 2.72 bits per heavy atom. The molecule has 1 aromatic heterocycles. The maximum absolute atomic E-state index is 12.1. The van der Waals surface area contributed by atoms with Crippen LogP contribution in [0.25, 0.3) is 0 Å². The fourth-order valence-corrected chi connectivity index (χ4v) is 2.28. The van der Waals surface area contributed by atoms with Crippen molar-refractivity contribution < 1.29 is 4.79 Å². The zero-order valence-corrected chi connectivity index (χ0v) is 13.2.